The van der Waals surface area contributed by atoms with Crippen molar-refractivity contribution in [1.82, 2.24) is 0 Å². The Kier molecular flexibility index (Phi) is 3.66. The highest BCUT2D eigenvalue weighted by atomic mass is 19.1. The predicted molar refractivity (Wildman–Crippen MR) is 66.7 cm³/mol. The fourth-order valence-electron chi connectivity index (χ4n) is 3.09. The number of halogens is 1. The molecule has 1 aromatic rings. The van der Waals surface area contributed by atoms with Crippen molar-refractivity contribution in [3.63, 3.8) is 0 Å². The number of carboxylic acids is 1. The Balaban J connectivity index is 2.37. The van der Waals surface area contributed by atoms with Gasteiger partial charge in [0, 0.05) is 12.5 Å². The van der Waals surface area contributed by atoms with Crippen LogP contribution in [0.3, 0.4) is 0 Å². The van der Waals surface area contributed by atoms with E-state index in [2.05, 4.69) is 0 Å². The van der Waals surface area contributed by atoms with Crippen LogP contribution >= 0.6 is 0 Å². The SMILES string of the molecule is NCC(c1ccc(F)cc1)C1(C(=O)O)CCCC1. The average Bonchev–Trinajstić information content (AvgIpc) is 2.83. The van der Waals surface area contributed by atoms with Gasteiger partial charge in [-0.05, 0) is 30.5 Å². The lowest BCUT2D eigenvalue weighted by Crippen LogP contribution is -2.38. The van der Waals surface area contributed by atoms with Gasteiger partial charge in [0.15, 0.2) is 0 Å². The minimum absolute atomic E-state index is 0.238. The maximum absolute atomic E-state index is 12.9. The normalized spacial score (nSPS) is 19.7. The van der Waals surface area contributed by atoms with Crippen molar-refractivity contribution < 1.29 is 14.3 Å². The average molecular weight is 251 g/mol. The van der Waals surface area contributed by atoms with Gasteiger partial charge in [-0.2, -0.15) is 0 Å². The number of benzene rings is 1. The first-order valence-electron chi connectivity index (χ1n) is 6.29. The summed E-state index contributed by atoms with van der Waals surface area (Å²) in [5.74, 6) is -1.33. The molecule has 2 rings (SSSR count). The molecule has 3 nitrogen and oxygen atoms in total. The minimum Gasteiger partial charge on any atom is -0.481 e. The number of hydrogen-bond acceptors (Lipinski definition) is 2. The van der Waals surface area contributed by atoms with Crippen molar-refractivity contribution in [2.45, 2.75) is 31.6 Å². The third-order valence-corrected chi connectivity index (χ3v) is 4.10. The number of aliphatic carboxylic acids is 1. The van der Waals surface area contributed by atoms with Gasteiger partial charge in [0.25, 0.3) is 0 Å². The molecule has 0 spiro atoms. The Labute approximate surface area is 106 Å². The Bertz CT molecular complexity index is 424. The molecule has 1 atom stereocenters. The summed E-state index contributed by atoms with van der Waals surface area (Å²) in [6, 6.07) is 6.02. The molecule has 0 heterocycles. The third kappa shape index (κ3) is 2.12. The third-order valence-electron chi connectivity index (χ3n) is 4.10. The molecule has 98 valence electrons. The van der Waals surface area contributed by atoms with Gasteiger partial charge in [0.05, 0.1) is 5.41 Å². The van der Waals surface area contributed by atoms with Gasteiger partial charge >= 0.3 is 5.97 Å². The fraction of sp³-hybridized carbons (Fsp3) is 0.500. The highest BCUT2D eigenvalue weighted by Crippen LogP contribution is 2.48. The van der Waals surface area contributed by atoms with Gasteiger partial charge in [-0.25, -0.2) is 4.39 Å². The predicted octanol–water partition coefficient (Wildman–Crippen LogP) is 2.51. The summed E-state index contributed by atoms with van der Waals surface area (Å²) >= 11 is 0. The summed E-state index contributed by atoms with van der Waals surface area (Å²) in [5.41, 5.74) is 5.84. The van der Waals surface area contributed by atoms with Crippen molar-refractivity contribution in [1.29, 1.82) is 0 Å². The second-order valence-corrected chi connectivity index (χ2v) is 5.01. The summed E-state index contributed by atoms with van der Waals surface area (Å²) in [6.07, 6.45) is 3.15. The molecule has 1 aromatic carbocycles. The Morgan fingerprint density at radius 2 is 1.89 bits per heavy atom. The molecule has 1 fully saturated rings. The molecular formula is C14H18FNO2. The molecule has 1 unspecified atom stereocenters. The largest absolute Gasteiger partial charge is 0.481 e. The van der Waals surface area contributed by atoms with Crippen LogP contribution in [0.4, 0.5) is 4.39 Å². The zero-order chi connectivity index (χ0) is 13.2. The molecular weight excluding hydrogens is 233 g/mol. The maximum Gasteiger partial charge on any atom is 0.310 e. The first-order chi connectivity index (χ1) is 8.60. The summed E-state index contributed by atoms with van der Waals surface area (Å²) in [6.45, 7) is 0.276. The summed E-state index contributed by atoms with van der Waals surface area (Å²) in [5, 5.41) is 9.55. The molecule has 0 radical (unpaired) electrons. The van der Waals surface area contributed by atoms with E-state index in [9.17, 15) is 14.3 Å². The Morgan fingerprint density at radius 3 is 2.33 bits per heavy atom. The molecule has 0 saturated heterocycles. The van der Waals surface area contributed by atoms with Gasteiger partial charge in [-0.1, -0.05) is 25.0 Å². The topological polar surface area (TPSA) is 63.3 Å². The summed E-state index contributed by atoms with van der Waals surface area (Å²) in [7, 11) is 0. The lowest BCUT2D eigenvalue weighted by atomic mass is 9.70. The highest BCUT2D eigenvalue weighted by molar-refractivity contribution is 5.76. The molecule has 0 bridgehead atoms. The van der Waals surface area contributed by atoms with E-state index in [0.29, 0.717) is 12.8 Å². The van der Waals surface area contributed by atoms with Crippen LogP contribution in [-0.4, -0.2) is 17.6 Å². The molecule has 0 aromatic heterocycles. The van der Waals surface area contributed by atoms with Crippen LogP contribution in [0.2, 0.25) is 0 Å². The van der Waals surface area contributed by atoms with Crippen molar-refractivity contribution in [3.8, 4) is 0 Å². The second-order valence-electron chi connectivity index (χ2n) is 5.01. The van der Waals surface area contributed by atoms with Crippen LogP contribution in [0.5, 0.6) is 0 Å². The molecule has 3 N–H and O–H groups in total. The smallest absolute Gasteiger partial charge is 0.310 e. The maximum atomic E-state index is 12.9. The van der Waals surface area contributed by atoms with E-state index >= 15 is 0 Å². The van der Waals surface area contributed by atoms with E-state index in [1.807, 2.05) is 0 Å². The molecule has 1 saturated carbocycles. The molecule has 0 amide bonds. The Hall–Kier alpha value is -1.42. The van der Waals surface area contributed by atoms with Crippen LogP contribution in [0.1, 0.15) is 37.2 Å². The van der Waals surface area contributed by atoms with E-state index in [0.717, 1.165) is 18.4 Å². The first kappa shape index (κ1) is 13.0. The minimum atomic E-state index is -0.778. The summed E-state index contributed by atoms with van der Waals surface area (Å²) in [4.78, 5) is 11.6. The van der Waals surface area contributed by atoms with Gasteiger partial charge in [0.2, 0.25) is 0 Å². The van der Waals surface area contributed by atoms with Crippen LogP contribution in [0, 0.1) is 11.2 Å². The highest BCUT2D eigenvalue weighted by Gasteiger charge is 2.47. The van der Waals surface area contributed by atoms with Crippen molar-refractivity contribution in [2.75, 3.05) is 6.54 Å². The van der Waals surface area contributed by atoms with Gasteiger partial charge in [-0.15, -0.1) is 0 Å². The van der Waals surface area contributed by atoms with Crippen LogP contribution in [0.25, 0.3) is 0 Å². The standard InChI is InChI=1S/C14H18FNO2/c15-11-5-3-10(4-6-11)12(9-16)14(13(17)18)7-1-2-8-14/h3-6,12H,1-2,7-9,16H2,(H,17,18). The monoisotopic (exact) mass is 251 g/mol. The lowest BCUT2D eigenvalue weighted by molar-refractivity contribution is -0.150. The molecule has 1 aliphatic carbocycles. The molecule has 4 heteroatoms. The molecule has 1 aliphatic rings. The quantitative estimate of drug-likeness (QED) is 0.864. The van der Waals surface area contributed by atoms with Crippen molar-refractivity contribution in [2.24, 2.45) is 11.1 Å². The second kappa shape index (κ2) is 5.06. The van der Waals surface area contributed by atoms with Crippen LogP contribution in [0.15, 0.2) is 24.3 Å². The van der Waals surface area contributed by atoms with E-state index in [1.54, 1.807) is 12.1 Å². The fourth-order valence-corrected chi connectivity index (χ4v) is 3.09. The van der Waals surface area contributed by atoms with E-state index < -0.39 is 11.4 Å². The zero-order valence-corrected chi connectivity index (χ0v) is 10.2. The van der Waals surface area contributed by atoms with Crippen molar-refractivity contribution >= 4 is 5.97 Å². The van der Waals surface area contributed by atoms with E-state index in [-0.39, 0.29) is 18.3 Å². The summed E-state index contributed by atoms with van der Waals surface area (Å²) < 4.78 is 12.9. The van der Waals surface area contributed by atoms with E-state index in [4.69, 9.17) is 5.73 Å². The zero-order valence-electron chi connectivity index (χ0n) is 10.2. The lowest BCUT2D eigenvalue weighted by Gasteiger charge is -2.33. The van der Waals surface area contributed by atoms with Crippen molar-refractivity contribution in [3.05, 3.63) is 35.6 Å². The van der Waals surface area contributed by atoms with Gasteiger partial charge in [0.1, 0.15) is 5.82 Å². The van der Waals surface area contributed by atoms with Gasteiger partial charge in [-0.3, -0.25) is 4.79 Å². The Morgan fingerprint density at radius 1 is 1.33 bits per heavy atom. The number of carboxylic acid groups (broad SMARTS) is 1. The molecule has 0 aliphatic heterocycles. The number of nitrogens with two attached hydrogens (primary N) is 1. The molecule has 18 heavy (non-hydrogen) atoms. The first-order valence-corrected chi connectivity index (χ1v) is 6.29. The van der Waals surface area contributed by atoms with Crippen LogP contribution < -0.4 is 5.73 Å². The van der Waals surface area contributed by atoms with Gasteiger partial charge < -0.3 is 10.8 Å². The number of rotatable bonds is 4. The number of carbonyl (C=O) groups is 1. The van der Waals surface area contributed by atoms with E-state index in [1.165, 1.54) is 12.1 Å². The van der Waals surface area contributed by atoms with Crippen LogP contribution in [-0.2, 0) is 4.79 Å². The number of hydrogen-bond donors (Lipinski definition) is 2.